The van der Waals surface area contributed by atoms with Crippen LogP contribution < -0.4 is 4.90 Å². The summed E-state index contributed by atoms with van der Waals surface area (Å²) in [4.78, 5) is 28.6. The second kappa shape index (κ2) is 6.46. The number of carbonyl (C=O) groups excluding carboxylic acids is 1. The van der Waals surface area contributed by atoms with E-state index in [4.69, 9.17) is 11.6 Å². The average Bonchev–Trinajstić information content (AvgIpc) is 3.02. The van der Waals surface area contributed by atoms with Gasteiger partial charge in [-0.1, -0.05) is 23.7 Å². The molecule has 0 saturated carbocycles. The summed E-state index contributed by atoms with van der Waals surface area (Å²) in [6.45, 7) is 0.571. The molecular formula is C19H16ClN3O3. The van der Waals surface area contributed by atoms with Crippen molar-refractivity contribution in [1.82, 2.24) is 4.98 Å². The lowest BCUT2D eigenvalue weighted by Crippen LogP contribution is -2.36. The van der Waals surface area contributed by atoms with Crippen molar-refractivity contribution in [3.8, 4) is 0 Å². The first-order valence-corrected chi connectivity index (χ1v) is 8.74. The maximum atomic E-state index is 12.9. The molecule has 1 N–H and O–H groups in total. The maximum absolute atomic E-state index is 12.9. The van der Waals surface area contributed by atoms with Gasteiger partial charge in [0, 0.05) is 34.7 Å². The molecule has 6 nitrogen and oxygen atoms in total. The van der Waals surface area contributed by atoms with Crippen LogP contribution in [0.25, 0.3) is 10.9 Å². The van der Waals surface area contributed by atoms with Crippen molar-refractivity contribution in [3.05, 3.63) is 68.9 Å². The normalized spacial score (nSPS) is 13.7. The van der Waals surface area contributed by atoms with Crippen LogP contribution in [0.1, 0.15) is 17.5 Å². The highest BCUT2D eigenvalue weighted by Crippen LogP contribution is 2.34. The molecule has 2 heterocycles. The molecule has 7 heteroatoms. The number of nitro benzene ring substituents is 1. The lowest BCUT2D eigenvalue weighted by atomic mass is 9.99. The van der Waals surface area contributed by atoms with Gasteiger partial charge in [-0.3, -0.25) is 14.9 Å². The van der Waals surface area contributed by atoms with Crippen LogP contribution in [-0.2, 0) is 17.6 Å². The van der Waals surface area contributed by atoms with E-state index in [-0.39, 0.29) is 22.9 Å². The minimum Gasteiger partial charge on any atom is -0.361 e. The van der Waals surface area contributed by atoms with E-state index in [2.05, 4.69) is 4.98 Å². The van der Waals surface area contributed by atoms with Crippen LogP contribution >= 0.6 is 11.6 Å². The number of aromatic nitrogens is 1. The SMILES string of the molecule is O=C(Cc1c[nH]c2cc(Cl)ccc12)N1CCCc2c1cccc2[N+](=O)[O-]. The fourth-order valence-electron chi connectivity index (χ4n) is 3.60. The number of carbonyl (C=O) groups is 1. The Kier molecular flexibility index (Phi) is 4.12. The van der Waals surface area contributed by atoms with Crippen molar-refractivity contribution in [2.45, 2.75) is 19.3 Å². The van der Waals surface area contributed by atoms with Crippen LogP contribution in [0, 0.1) is 10.1 Å². The molecule has 0 aliphatic carbocycles. The first-order chi connectivity index (χ1) is 12.5. The molecule has 26 heavy (non-hydrogen) atoms. The zero-order valence-corrected chi connectivity index (χ0v) is 14.6. The van der Waals surface area contributed by atoms with Gasteiger partial charge in [0.05, 0.1) is 22.6 Å². The molecular weight excluding hydrogens is 354 g/mol. The van der Waals surface area contributed by atoms with E-state index in [0.29, 0.717) is 35.7 Å². The van der Waals surface area contributed by atoms with Crippen molar-refractivity contribution in [2.24, 2.45) is 0 Å². The Hall–Kier alpha value is -2.86. The minimum absolute atomic E-state index is 0.0673. The van der Waals surface area contributed by atoms with Gasteiger partial charge < -0.3 is 9.88 Å². The van der Waals surface area contributed by atoms with Crippen LogP contribution in [0.3, 0.4) is 0 Å². The summed E-state index contributed by atoms with van der Waals surface area (Å²) in [5.74, 6) is -0.0673. The molecule has 1 aliphatic rings. The summed E-state index contributed by atoms with van der Waals surface area (Å²) < 4.78 is 0. The molecule has 1 aromatic heterocycles. The van der Waals surface area contributed by atoms with Gasteiger partial charge in [-0.2, -0.15) is 0 Å². The van der Waals surface area contributed by atoms with Gasteiger partial charge in [0.2, 0.25) is 5.91 Å². The van der Waals surface area contributed by atoms with Crippen molar-refractivity contribution in [2.75, 3.05) is 11.4 Å². The van der Waals surface area contributed by atoms with Crippen LogP contribution in [0.5, 0.6) is 0 Å². The molecule has 1 amide bonds. The summed E-state index contributed by atoms with van der Waals surface area (Å²) in [7, 11) is 0. The summed E-state index contributed by atoms with van der Waals surface area (Å²) in [5.41, 5.74) is 3.15. The third kappa shape index (κ3) is 2.82. The van der Waals surface area contributed by atoms with Gasteiger partial charge in [-0.15, -0.1) is 0 Å². The van der Waals surface area contributed by atoms with Gasteiger partial charge in [0.15, 0.2) is 0 Å². The van der Waals surface area contributed by atoms with Crippen molar-refractivity contribution in [3.63, 3.8) is 0 Å². The predicted octanol–water partition coefficient (Wildman–Crippen LogP) is 4.25. The van der Waals surface area contributed by atoms with E-state index in [1.54, 1.807) is 23.1 Å². The molecule has 3 aromatic rings. The number of benzene rings is 2. The summed E-state index contributed by atoms with van der Waals surface area (Å²) >= 11 is 6.00. The Morgan fingerprint density at radius 3 is 2.96 bits per heavy atom. The van der Waals surface area contributed by atoms with Crippen molar-refractivity contribution < 1.29 is 9.72 Å². The number of rotatable bonds is 3. The fraction of sp³-hybridized carbons (Fsp3) is 0.211. The highest BCUT2D eigenvalue weighted by molar-refractivity contribution is 6.31. The summed E-state index contributed by atoms with van der Waals surface area (Å²) in [6, 6.07) is 10.4. The number of amides is 1. The van der Waals surface area contributed by atoms with Gasteiger partial charge in [0.1, 0.15) is 0 Å². The average molecular weight is 370 g/mol. The number of nitrogens with zero attached hydrogens (tertiary/aromatic N) is 2. The zero-order chi connectivity index (χ0) is 18.3. The molecule has 132 valence electrons. The van der Waals surface area contributed by atoms with Crippen LogP contribution in [0.2, 0.25) is 5.02 Å². The first-order valence-electron chi connectivity index (χ1n) is 8.37. The Morgan fingerprint density at radius 1 is 1.31 bits per heavy atom. The Morgan fingerprint density at radius 2 is 2.15 bits per heavy atom. The number of aromatic amines is 1. The van der Waals surface area contributed by atoms with Gasteiger partial charge in [-0.05, 0) is 36.6 Å². The molecule has 4 rings (SSSR count). The number of fused-ring (bicyclic) bond motifs is 2. The van der Waals surface area contributed by atoms with Crippen LogP contribution in [0.4, 0.5) is 11.4 Å². The van der Waals surface area contributed by atoms with Crippen LogP contribution in [0.15, 0.2) is 42.6 Å². The highest BCUT2D eigenvalue weighted by Gasteiger charge is 2.28. The van der Waals surface area contributed by atoms with Crippen LogP contribution in [-0.4, -0.2) is 22.4 Å². The number of hydrogen-bond acceptors (Lipinski definition) is 3. The third-order valence-corrected chi connectivity index (χ3v) is 5.03. The number of hydrogen-bond donors (Lipinski definition) is 1. The van der Waals surface area contributed by atoms with Gasteiger partial charge in [0.25, 0.3) is 5.69 Å². The second-order valence-corrected chi connectivity index (χ2v) is 6.80. The van der Waals surface area contributed by atoms with Gasteiger partial charge >= 0.3 is 0 Å². The molecule has 0 atom stereocenters. The highest BCUT2D eigenvalue weighted by atomic mass is 35.5. The molecule has 0 bridgehead atoms. The standard InChI is InChI=1S/C19H16ClN3O3/c20-13-6-7-14-12(11-21-16(14)10-13)9-19(24)22-8-2-3-15-17(22)4-1-5-18(15)23(25)26/h1,4-7,10-11,21H,2-3,8-9H2. The molecule has 2 aromatic carbocycles. The van der Waals surface area contributed by atoms with Crippen molar-refractivity contribution >= 4 is 39.8 Å². The fourth-order valence-corrected chi connectivity index (χ4v) is 3.77. The Labute approximate surface area is 154 Å². The Bertz CT molecular complexity index is 1030. The molecule has 0 saturated heterocycles. The topological polar surface area (TPSA) is 79.2 Å². The van der Waals surface area contributed by atoms with Gasteiger partial charge in [-0.25, -0.2) is 0 Å². The number of nitrogens with one attached hydrogen (secondary N) is 1. The zero-order valence-electron chi connectivity index (χ0n) is 13.9. The minimum atomic E-state index is -0.379. The van der Waals surface area contributed by atoms with E-state index in [9.17, 15) is 14.9 Å². The van der Waals surface area contributed by atoms with E-state index in [1.807, 2.05) is 18.3 Å². The van der Waals surface area contributed by atoms with E-state index < -0.39 is 0 Å². The molecule has 0 unspecified atom stereocenters. The van der Waals surface area contributed by atoms with E-state index in [0.717, 1.165) is 16.5 Å². The van der Waals surface area contributed by atoms with Crippen molar-refractivity contribution in [1.29, 1.82) is 0 Å². The quantitative estimate of drug-likeness (QED) is 0.553. The summed E-state index contributed by atoms with van der Waals surface area (Å²) in [6.07, 6.45) is 3.37. The molecule has 0 spiro atoms. The molecule has 1 aliphatic heterocycles. The third-order valence-electron chi connectivity index (χ3n) is 4.79. The Balaban J connectivity index is 1.66. The molecule has 0 radical (unpaired) electrons. The number of halogens is 1. The summed E-state index contributed by atoms with van der Waals surface area (Å²) in [5, 5.41) is 12.9. The largest absolute Gasteiger partial charge is 0.361 e. The number of anilines is 1. The lowest BCUT2D eigenvalue weighted by molar-refractivity contribution is -0.385. The first kappa shape index (κ1) is 16.6. The molecule has 0 fully saturated rings. The smallest absolute Gasteiger partial charge is 0.274 e. The lowest BCUT2D eigenvalue weighted by Gasteiger charge is -2.29. The number of H-pyrrole nitrogens is 1. The predicted molar refractivity (Wildman–Crippen MR) is 101 cm³/mol. The monoisotopic (exact) mass is 369 g/mol. The van der Waals surface area contributed by atoms with E-state index >= 15 is 0 Å². The number of nitro groups is 1. The van der Waals surface area contributed by atoms with E-state index in [1.165, 1.54) is 6.07 Å². The maximum Gasteiger partial charge on any atom is 0.274 e. The second-order valence-electron chi connectivity index (χ2n) is 6.36.